The zero-order chi connectivity index (χ0) is 10.4. The van der Waals surface area contributed by atoms with Gasteiger partial charge in [-0.1, -0.05) is 6.92 Å². The van der Waals surface area contributed by atoms with Crippen LogP contribution in [0.5, 0.6) is 0 Å². The smallest absolute Gasteiger partial charge is 0.108 e. The third kappa shape index (κ3) is 3.50. The highest BCUT2D eigenvalue weighted by Gasteiger charge is 2.00. The predicted molar refractivity (Wildman–Crippen MR) is 57.1 cm³/mol. The van der Waals surface area contributed by atoms with Gasteiger partial charge in [-0.25, -0.2) is 4.98 Å². The molecule has 0 radical (unpaired) electrons. The van der Waals surface area contributed by atoms with Crippen LogP contribution in [0.25, 0.3) is 0 Å². The maximum atomic E-state index is 9.09. The molecule has 3 heteroatoms. The van der Waals surface area contributed by atoms with Gasteiger partial charge in [-0.2, -0.15) is 0 Å². The van der Waals surface area contributed by atoms with E-state index in [2.05, 4.69) is 16.5 Å². The summed E-state index contributed by atoms with van der Waals surface area (Å²) in [5, 5.41) is 9.09. The van der Waals surface area contributed by atoms with Crippen LogP contribution in [0.2, 0.25) is 0 Å². The molecule has 1 heterocycles. The Balaban J connectivity index is 2.24. The second kappa shape index (κ2) is 5.81. The van der Waals surface area contributed by atoms with Gasteiger partial charge < -0.3 is 9.67 Å². The van der Waals surface area contributed by atoms with E-state index in [4.69, 9.17) is 5.11 Å². The number of hydrogen-bond acceptors (Lipinski definition) is 2. The fourth-order valence-corrected chi connectivity index (χ4v) is 1.58. The Morgan fingerprint density at radius 3 is 2.93 bits per heavy atom. The number of nitrogens with zero attached hydrogens (tertiary/aromatic N) is 2. The molecule has 0 saturated carbocycles. The summed E-state index contributed by atoms with van der Waals surface area (Å²) >= 11 is 0. The lowest BCUT2D eigenvalue weighted by atomic mass is 10.2. The number of hydrogen-bond donors (Lipinski definition) is 1. The monoisotopic (exact) mass is 196 g/mol. The molecule has 1 N–H and O–H groups in total. The molecule has 0 aliphatic rings. The molecule has 1 atom stereocenters. The van der Waals surface area contributed by atoms with Crippen molar-refractivity contribution in [2.45, 2.75) is 52.2 Å². The first-order chi connectivity index (χ1) is 6.74. The SMILES string of the molecule is CCc1nccn1CCCCC(C)O. The molecule has 80 valence electrons. The van der Waals surface area contributed by atoms with Gasteiger partial charge in [0.15, 0.2) is 0 Å². The van der Waals surface area contributed by atoms with Crippen molar-refractivity contribution in [3.8, 4) is 0 Å². The van der Waals surface area contributed by atoms with E-state index in [9.17, 15) is 0 Å². The zero-order valence-corrected chi connectivity index (χ0v) is 9.11. The molecule has 3 nitrogen and oxygen atoms in total. The molecular formula is C11H20N2O. The maximum absolute atomic E-state index is 9.09. The first-order valence-electron chi connectivity index (χ1n) is 5.42. The van der Waals surface area contributed by atoms with Crippen molar-refractivity contribution in [1.29, 1.82) is 0 Å². The Labute approximate surface area is 85.8 Å². The first-order valence-corrected chi connectivity index (χ1v) is 5.42. The van der Waals surface area contributed by atoms with Crippen molar-refractivity contribution in [3.63, 3.8) is 0 Å². The van der Waals surface area contributed by atoms with Gasteiger partial charge in [0.1, 0.15) is 5.82 Å². The van der Waals surface area contributed by atoms with Gasteiger partial charge >= 0.3 is 0 Å². The Morgan fingerprint density at radius 1 is 1.50 bits per heavy atom. The molecule has 1 aromatic rings. The molecule has 0 amide bonds. The standard InChI is InChI=1S/C11H20N2O/c1-3-11-12-7-9-13(11)8-5-4-6-10(2)14/h7,9-10,14H,3-6,8H2,1-2H3. The summed E-state index contributed by atoms with van der Waals surface area (Å²) in [6.45, 7) is 4.99. The van der Waals surface area contributed by atoms with Gasteiger partial charge in [0.05, 0.1) is 6.10 Å². The van der Waals surface area contributed by atoms with Gasteiger partial charge in [0.25, 0.3) is 0 Å². The van der Waals surface area contributed by atoms with Crippen molar-refractivity contribution in [3.05, 3.63) is 18.2 Å². The van der Waals surface area contributed by atoms with Gasteiger partial charge in [-0.3, -0.25) is 0 Å². The quantitative estimate of drug-likeness (QED) is 0.707. The average molecular weight is 196 g/mol. The predicted octanol–water partition coefficient (Wildman–Crippen LogP) is 2.00. The van der Waals surface area contributed by atoms with Crippen LogP contribution in [0.4, 0.5) is 0 Å². The van der Waals surface area contributed by atoms with Crippen LogP contribution in [-0.4, -0.2) is 20.8 Å². The van der Waals surface area contributed by atoms with E-state index >= 15 is 0 Å². The third-order valence-electron chi connectivity index (χ3n) is 2.39. The topological polar surface area (TPSA) is 38.0 Å². The van der Waals surface area contributed by atoms with Gasteiger partial charge in [0.2, 0.25) is 0 Å². The molecule has 0 fully saturated rings. The number of aromatic nitrogens is 2. The molecule has 0 aromatic carbocycles. The van der Waals surface area contributed by atoms with E-state index < -0.39 is 0 Å². The second-order valence-corrected chi connectivity index (χ2v) is 3.74. The van der Waals surface area contributed by atoms with Crippen molar-refractivity contribution >= 4 is 0 Å². The molecule has 0 aliphatic carbocycles. The maximum Gasteiger partial charge on any atom is 0.108 e. The number of aliphatic hydroxyl groups excluding tert-OH is 1. The van der Waals surface area contributed by atoms with Crippen molar-refractivity contribution < 1.29 is 5.11 Å². The summed E-state index contributed by atoms with van der Waals surface area (Å²) < 4.78 is 2.20. The highest BCUT2D eigenvalue weighted by atomic mass is 16.3. The molecule has 14 heavy (non-hydrogen) atoms. The number of aryl methyl sites for hydroxylation is 2. The Kier molecular flexibility index (Phi) is 4.66. The van der Waals surface area contributed by atoms with Crippen LogP contribution >= 0.6 is 0 Å². The second-order valence-electron chi connectivity index (χ2n) is 3.74. The zero-order valence-electron chi connectivity index (χ0n) is 9.11. The summed E-state index contributed by atoms with van der Waals surface area (Å²) in [5.41, 5.74) is 0. The average Bonchev–Trinajstić information content (AvgIpc) is 2.59. The molecule has 1 rings (SSSR count). The Hall–Kier alpha value is -0.830. The van der Waals surface area contributed by atoms with Crippen molar-refractivity contribution in [1.82, 2.24) is 9.55 Å². The fourth-order valence-electron chi connectivity index (χ4n) is 1.58. The van der Waals surface area contributed by atoms with Crippen LogP contribution in [0, 0.1) is 0 Å². The normalized spacial score (nSPS) is 13.1. The van der Waals surface area contributed by atoms with Gasteiger partial charge in [-0.05, 0) is 26.2 Å². The van der Waals surface area contributed by atoms with E-state index in [1.54, 1.807) is 0 Å². The number of aliphatic hydroxyl groups is 1. The molecule has 0 saturated heterocycles. The van der Waals surface area contributed by atoms with Gasteiger partial charge in [-0.15, -0.1) is 0 Å². The minimum atomic E-state index is -0.163. The number of imidazole rings is 1. The van der Waals surface area contributed by atoms with Gasteiger partial charge in [0, 0.05) is 25.4 Å². The summed E-state index contributed by atoms with van der Waals surface area (Å²) in [4.78, 5) is 4.26. The van der Waals surface area contributed by atoms with E-state index in [1.165, 1.54) is 0 Å². The summed E-state index contributed by atoms with van der Waals surface area (Å²) in [5.74, 6) is 1.15. The highest BCUT2D eigenvalue weighted by molar-refractivity contribution is 4.91. The lowest BCUT2D eigenvalue weighted by Gasteiger charge is -2.07. The first kappa shape index (κ1) is 11.2. The summed E-state index contributed by atoms with van der Waals surface area (Å²) in [7, 11) is 0. The minimum absolute atomic E-state index is 0.163. The Morgan fingerprint density at radius 2 is 2.29 bits per heavy atom. The molecule has 0 spiro atoms. The van der Waals surface area contributed by atoms with E-state index in [1.807, 2.05) is 19.3 Å². The summed E-state index contributed by atoms with van der Waals surface area (Å²) in [6.07, 6.45) is 7.81. The van der Waals surface area contributed by atoms with Crippen molar-refractivity contribution in [2.75, 3.05) is 0 Å². The summed E-state index contributed by atoms with van der Waals surface area (Å²) in [6, 6.07) is 0. The minimum Gasteiger partial charge on any atom is -0.393 e. The molecular weight excluding hydrogens is 176 g/mol. The van der Waals surface area contributed by atoms with E-state index in [0.717, 1.165) is 38.1 Å². The Bertz CT molecular complexity index is 256. The molecule has 0 bridgehead atoms. The van der Waals surface area contributed by atoms with Crippen LogP contribution < -0.4 is 0 Å². The van der Waals surface area contributed by atoms with Crippen LogP contribution in [-0.2, 0) is 13.0 Å². The lowest BCUT2D eigenvalue weighted by Crippen LogP contribution is -2.04. The number of unbranched alkanes of at least 4 members (excludes halogenated alkanes) is 1. The van der Waals surface area contributed by atoms with E-state index in [0.29, 0.717) is 0 Å². The van der Waals surface area contributed by atoms with Crippen LogP contribution in [0.15, 0.2) is 12.4 Å². The van der Waals surface area contributed by atoms with Crippen LogP contribution in [0.1, 0.15) is 38.9 Å². The largest absolute Gasteiger partial charge is 0.393 e. The lowest BCUT2D eigenvalue weighted by molar-refractivity contribution is 0.180. The van der Waals surface area contributed by atoms with Crippen molar-refractivity contribution in [2.24, 2.45) is 0 Å². The van der Waals surface area contributed by atoms with E-state index in [-0.39, 0.29) is 6.10 Å². The molecule has 1 unspecified atom stereocenters. The molecule has 1 aromatic heterocycles. The fraction of sp³-hybridized carbons (Fsp3) is 0.727. The molecule has 0 aliphatic heterocycles. The highest BCUT2D eigenvalue weighted by Crippen LogP contribution is 2.05. The number of rotatable bonds is 6. The third-order valence-corrected chi connectivity index (χ3v) is 2.39. The van der Waals surface area contributed by atoms with Crippen LogP contribution in [0.3, 0.4) is 0 Å².